The van der Waals surface area contributed by atoms with Crippen molar-refractivity contribution in [1.29, 1.82) is 5.26 Å². The lowest BCUT2D eigenvalue weighted by Gasteiger charge is -2.16. The number of ether oxygens (including phenoxy) is 1. The molecule has 0 aromatic carbocycles. The van der Waals surface area contributed by atoms with Crippen LogP contribution in [0.5, 0.6) is 0 Å². The van der Waals surface area contributed by atoms with Crippen molar-refractivity contribution in [1.82, 2.24) is 9.47 Å². The van der Waals surface area contributed by atoms with E-state index in [1.165, 1.54) is 4.90 Å². The summed E-state index contributed by atoms with van der Waals surface area (Å²) in [5.74, 6) is -0.587. The van der Waals surface area contributed by atoms with Crippen molar-refractivity contribution in [3.63, 3.8) is 0 Å². The lowest BCUT2D eigenvalue weighted by molar-refractivity contribution is -0.133. The summed E-state index contributed by atoms with van der Waals surface area (Å²) in [6, 6.07) is 7.47. The van der Waals surface area contributed by atoms with Crippen LogP contribution in [0.1, 0.15) is 27.2 Å². The molecule has 138 valence electrons. The molecule has 0 N–H and O–H groups in total. The van der Waals surface area contributed by atoms with Gasteiger partial charge in [-0.25, -0.2) is 4.79 Å². The fraction of sp³-hybridized carbons (Fsp3) is 0.211. The number of amides is 1. The molecule has 0 atom stereocenters. The van der Waals surface area contributed by atoms with Crippen molar-refractivity contribution in [2.24, 2.45) is 0 Å². The van der Waals surface area contributed by atoms with Gasteiger partial charge in [0, 0.05) is 26.0 Å². The van der Waals surface area contributed by atoms with Crippen LogP contribution in [0.3, 0.4) is 0 Å². The van der Waals surface area contributed by atoms with Gasteiger partial charge in [0.15, 0.2) is 6.61 Å². The van der Waals surface area contributed by atoms with E-state index in [9.17, 15) is 14.9 Å². The van der Waals surface area contributed by atoms with Crippen molar-refractivity contribution < 1.29 is 18.7 Å². The molecular weight excluding hydrogens is 366 g/mol. The van der Waals surface area contributed by atoms with Gasteiger partial charge in [0.25, 0.3) is 5.91 Å². The second kappa shape index (κ2) is 7.93. The third kappa shape index (κ3) is 3.93. The van der Waals surface area contributed by atoms with Crippen LogP contribution in [0.2, 0.25) is 0 Å². The number of nitriles is 1. The fourth-order valence-corrected chi connectivity index (χ4v) is 3.25. The number of hydrogen-bond donors (Lipinski definition) is 0. The summed E-state index contributed by atoms with van der Waals surface area (Å²) in [7, 11) is 1.64. The summed E-state index contributed by atoms with van der Waals surface area (Å²) in [5, 5.41) is 13.3. The minimum atomic E-state index is -0.761. The zero-order chi connectivity index (χ0) is 19.4. The minimum absolute atomic E-state index is 0.0366. The number of rotatable bonds is 6. The van der Waals surface area contributed by atoms with E-state index < -0.39 is 12.6 Å². The lowest BCUT2D eigenvalue weighted by atomic mass is 10.1. The Kier molecular flexibility index (Phi) is 5.43. The summed E-state index contributed by atoms with van der Waals surface area (Å²) in [5.41, 5.74) is 1.12. The molecule has 27 heavy (non-hydrogen) atoms. The number of carbonyl (C=O) groups is 2. The van der Waals surface area contributed by atoms with Crippen molar-refractivity contribution in [2.45, 2.75) is 13.5 Å². The van der Waals surface area contributed by atoms with Crippen molar-refractivity contribution >= 4 is 23.2 Å². The molecule has 0 saturated heterocycles. The number of furan rings is 1. The molecule has 3 aromatic heterocycles. The summed E-state index contributed by atoms with van der Waals surface area (Å²) in [6.45, 7) is 1.61. The van der Waals surface area contributed by atoms with E-state index in [2.05, 4.69) is 0 Å². The molecule has 7 nitrogen and oxygen atoms in total. The molecule has 0 aliphatic carbocycles. The standard InChI is InChI=1S/C19H17N3O4S/c1-13-17(15(9-20)18(26-13)22-6-3-4-7-22)19(24)25-11-16(23)21(2)10-14-5-8-27-12-14/h3-8,12H,10-11H2,1-2H3. The predicted octanol–water partition coefficient (Wildman–Crippen LogP) is 3.13. The molecule has 0 saturated carbocycles. The van der Waals surface area contributed by atoms with Crippen LogP contribution in [0.4, 0.5) is 0 Å². The Hall–Kier alpha value is -3.31. The van der Waals surface area contributed by atoms with Gasteiger partial charge in [0.05, 0.1) is 0 Å². The third-order valence-electron chi connectivity index (χ3n) is 3.97. The number of esters is 1. The first-order chi connectivity index (χ1) is 13.0. The maximum Gasteiger partial charge on any atom is 0.343 e. The first kappa shape index (κ1) is 18.5. The Morgan fingerprint density at radius 3 is 2.74 bits per heavy atom. The number of carbonyl (C=O) groups excluding carboxylic acids is 2. The molecule has 1 amide bonds. The summed E-state index contributed by atoms with van der Waals surface area (Å²) in [6.07, 6.45) is 3.41. The van der Waals surface area contributed by atoms with Gasteiger partial charge in [-0.15, -0.1) is 0 Å². The summed E-state index contributed by atoms with van der Waals surface area (Å²) >= 11 is 1.55. The molecule has 3 rings (SSSR count). The van der Waals surface area contributed by atoms with E-state index in [1.54, 1.807) is 54.4 Å². The van der Waals surface area contributed by atoms with Gasteiger partial charge in [-0.3, -0.25) is 9.36 Å². The molecule has 0 spiro atoms. The molecule has 0 fully saturated rings. The highest BCUT2D eigenvalue weighted by molar-refractivity contribution is 7.07. The zero-order valence-electron chi connectivity index (χ0n) is 14.8. The Balaban J connectivity index is 1.69. The first-order valence-electron chi connectivity index (χ1n) is 8.10. The van der Waals surface area contributed by atoms with E-state index in [0.29, 0.717) is 6.54 Å². The van der Waals surface area contributed by atoms with Gasteiger partial charge in [0.2, 0.25) is 5.88 Å². The second-order valence-corrected chi connectivity index (χ2v) is 6.65. The number of hydrogen-bond acceptors (Lipinski definition) is 6. The number of likely N-dealkylation sites (N-methyl/N-ethyl adjacent to an activating group) is 1. The highest BCUT2D eigenvalue weighted by Crippen LogP contribution is 2.26. The van der Waals surface area contributed by atoms with Crippen LogP contribution in [-0.2, 0) is 16.1 Å². The number of aromatic nitrogens is 1. The van der Waals surface area contributed by atoms with Crippen molar-refractivity contribution in [3.05, 3.63) is 63.8 Å². The molecule has 0 unspecified atom stereocenters. The molecule has 0 aliphatic heterocycles. The molecule has 0 radical (unpaired) electrons. The number of thiophene rings is 1. The average Bonchev–Trinajstić information content (AvgIpc) is 3.39. The van der Waals surface area contributed by atoms with Gasteiger partial charge < -0.3 is 14.1 Å². The molecule has 3 heterocycles. The van der Waals surface area contributed by atoms with E-state index >= 15 is 0 Å². The maximum absolute atomic E-state index is 12.5. The van der Waals surface area contributed by atoms with Crippen LogP contribution < -0.4 is 0 Å². The molecule has 3 aromatic rings. The predicted molar refractivity (Wildman–Crippen MR) is 98.6 cm³/mol. The Bertz CT molecular complexity index is 981. The van der Waals surface area contributed by atoms with Gasteiger partial charge in [0.1, 0.15) is 23.0 Å². The van der Waals surface area contributed by atoms with Gasteiger partial charge in [-0.1, -0.05) is 0 Å². The van der Waals surface area contributed by atoms with Crippen molar-refractivity contribution in [3.8, 4) is 12.0 Å². The monoisotopic (exact) mass is 383 g/mol. The van der Waals surface area contributed by atoms with Crippen LogP contribution >= 0.6 is 11.3 Å². The van der Waals surface area contributed by atoms with E-state index in [1.807, 2.05) is 22.9 Å². The van der Waals surface area contributed by atoms with E-state index in [4.69, 9.17) is 9.15 Å². The lowest BCUT2D eigenvalue weighted by Crippen LogP contribution is -2.30. The number of nitrogens with zero attached hydrogens (tertiary/aromatic N) is 3. The summed E-state index contributed by atoms with van der Waals surface area (Å²) < 4.78 is 12.3. The summed E-state index contributed by atoms with van der Waals surface area (Å²) in [4.78, 5) is 26.1. The van der Waals surface area contributed by atoms with Crippen LogP contribution in [-0.4, -0.2) is 35.0 Å². The largest absolute Gasteiger partial charge is 0.452 e. The topological polar surface area (TPSA) is 88.5 Å². The zero-order valence-corrected chi connectivity index (χ0v) is 15.7. The van der Waals surface area contributed by atoms with Crippen molar-refractivity contribution in [2.75, 3.05) is 13.7 Å². The number of aryl methyl sites for hydroxylation is 1. The molecular formula is C19H17N3O4S. The molecule has 8 heteroatoms. The highest BCUT2D eigenvalue weighted by Gasteiger charge is 2.26. The van der Waals surface area contributed by atoms with E-state index in [0.717, 1.165) is 5.56 Å². The smallest absolute Gasteiger partial charge is 0.343 e. The third-order valence-corrected chi connectivity index (χ3v) is 4.70. The maximum atomic E-state index is 12.5. The quantitative estimate of drug-likeness (QED) is 0.610. The SMILES string of the molecule is Cc1oc(-n2cccc2)c(C#N)c1C(=O)OCC(=O)N(C)Cc1ccsc1. The minimum Gasteiger partial charge on any atom is -0.452 e. The normalized spacial score (nSPS) is 10.4. The Morgan fingerprint density at radius 2 is 2.11 bits per heavy atom. The van der Waals surface area contributed by atoms with E-state index in [-0.39, 0.29) is 28.7 Å². The van der Waals surface area contributed by atoms with Gasteiger partial charge in [-0.2, -0.15) is 16.6 Å². The Morgan fingerprint density at radius 1 is 1.37 bits per heavy atom. The van der Waals surface area contributed by atoms with Crippen LogP contribution in [0, 0.1) is 18.3 Å². The molecule has 0 aliphatic rings. The highest BCUT2D eigenvalue weighted by atomic mass is 32.1. The van der Waals surface area contributed by atoms with Gasteiger partial charge in [-0.05, 0) is 41.4 Å². The first-order valence-corrected chi connectivity index (χ1v) is 9.04. The van der Waals surface area contributed by atoms with Crippen LogP contribution in [0.25, 0.3) is 5.88 Å². The van der Waals surface area contributed by atoms with Gasteiger partial charge >= 0.3 is 5.97 Å². The van der Waals surface area contributed by atoms with Crippen LogP contribution in [0.15, 0.2) is 45.8 Å². The Labute approximate surface area is 160 Å². The fourth-order valence-electron chi connectivity index (χ4n) is 2.59. The second-order valence-electron chi connectivity index (χ2n) is 5.87. The average molecular weight is 383 g/mol. The molecule has 0 bridgehead atoms.